The summed E-state index contributed by atoms with van der Waals surface area (Å²) in [5.41, 5.74) is 1.63. The minimum Gasteiger partial charge on any atom is -0.391 e. The van der Waals surface area contributed by atoms with Crippen LogP contribution in [-0.4, -0.2) is 28.0 Å². The Kier molecular flexibility index (Phi) is 5.79. The van der Waals surface area contributed by atoms with E-state index >= 15 is 0 Å². The molecular weight excluding hydrogens is 319 g/mol. The molecule has 0 aromatic heterocycles. The van der Waals surface area contributed by atoms with E-state index in [0.717, 1.165) is 31.6 Å². The quantitative estimate of drug-likeness (QED) is 0.413. The second-order valence-corrected chi connectivity index (χ2v) is 8.75. The van der Waals surface area contributed by atoms with Gasteiger partial charge in [-0.2, -0.15) is 12.6 Å². The Morgan fingerprint density at radius 2 is 1.82 bits per heavy atom. The van der Waals surface area contributed by atoms with Crippen molar-refractivity contribution in [3.8, 4) is 0 Å². The topological polar surface area (TPSA) is 20.2 Å². The summed E-state index contributed by atoms with van der Waals surface area (Å²) in [5.74, 6) is 1.24. The van der Waals surface area contributed by atoms with Crippen LogP contribution in [0.4, 0.5) is 4.39 Å². The highest BCUT2D eigenvalue weighted by molar-refractivity contribution is 7.80. The van der Waals surface area contributed by atoms with Gasteiger partial charge in [0.2, 0.25) is 0 Å². The van der Waals surface area contributed by atoms with Crippen molar-refractivity contribution >= 4 is 24.2 Å². The predicted octanol–water partition coefficient (Wildman–Crippen LogP) is 4.92. The number of thiol groups is 1. The van der Waals surface area contributed by atoms with Gasteiger partial charge >= 0.3 is 0 Å². The van der Waals surface area contributed by atoms with Crippen molar-refractivity contribution in [2.24, 2.45) is 17.8 Å². The number of aliphatic hydroxyl groups is 1. The molecule has 0 bridgehead atoms. The molecule has 3 rings (SSSR count). The van der Waals surface area contributed by atoms with E-state index < -0.39 is 17.7 Å². The molecule has 4 heteroatoms. The van der Waals surface area contributed by atoms with E-state index in [9.17, 15) is 9.50 Å². The smallest absolute Gasteiger partial charge is 0.122 e. The Balaban J connectivity index is 1.53. The third-order valence-electron chi connectivity index (χ3n) is 6.20. The lowest BCUT2D eigenvalue weighted by molar-refractivity contribution is 0.0198. The highest BCUT2D eigenvalue weighted by Crippen LogP contribution is 2.45. The van der Waals surface area contributed by atoms with Crippen LogP contribution in [0.2, 0.25) is 0 Å². The summed E-state index contributed by atoms with van der Waals surface area (Å²) in [6, 6.07) is 0. The van der Waals surface area contributed by atoms with Gasteiger partial charge in [-0.25, -0.2) is 4.39 Å². The van der Waals surface area contributed by atoms with Gasteiger partial charge in [0, 0.05) is 5.25 Å². The average molecular weight is 347 g/mol. The normalized spacial score (nSPS) is 47.1. The summed E-state index contributed by atoms with van der Waals surface area (Å²) < 4.78 is 14.5. The van der Waals surface area contributed by atoms with Crippen LogP contribution >= 0.6 is 24.2 Å². The molecule has 1 N–H and O–H groups in total. The number of halogens is 2. The summed E-state index contributed by atoms with van der Waals surface area (Å²) in [4.78, 5) is 0. The van der Waals surface area contributed by atoms with Crippen molar-refractivity contribution in [3.05, 3.63) is 11.6 Å². The van der Waals surface area contributed by atoms with E-state index in [4.69, 9.17) is 11.6 Å². The fourth-order valence-corrected chi connectivity index (χ4v) is 5.30. The van der Waals surface area contributed by atoms with Crippen LogP contribution in [0.5, 0.6) is 0 Å². The van der Waals surface area contributed by atoms with Gasteiger partial charge in [0.1, 0.15) is 6.17 Å². The number of hydrogen-bond acceptors (Lipinski definition) is 2. The second-order valence-electron chi connectivity index (χ2n) is 7.52. The number of allylic oxidation sites excluding steroid dienone is 2. The second kappa shape index (κ2) is 7.44. The van der Waals surface area contributed by atoms with E-state index in [1.807, 2.05) is 0 Å². The van der Waals surface area contributed by atoms with Crippen LogP contribution in [0.1, 0.15) is 57.8 Å². The van der Waals surface area contributed by atoms with Gasteiger partial charge in [-0.1, -0.05) is 11.6 Å². The van der Waals surface area contributed by atoms with E-state index in [-0.39, 0.29) is 5.92 Å². The summed E-state index contributed by atoms with van der Waals surface area (Å²) >= 11 is 10.6. The maximum absolute atomic E-state index is 14.5. The largest absolute Gasteiger partial charge is 0.391 e. The van der Waals surface area contributed by atoms with E-state index in [0.29, 0.717) is 17.6 Å². The standard InChI is InChI=1S/C18H28ClFOS/c19-17-16(21)10-9-15(18(17)20)13-3-1-11(2-4-13)12-5-7-14(22)8-6-12/h5,11,13-18,21-22H,1-4,6-10H2. The van der Waals surface area contributed by atoms with Crippen LogP contribution in [0.3, 0.4) is 0 Å². The summed E-state index contributed by atoms with van der Waals surface area (Å²) in [7, 11) is 0. The van der Waals surface area contributed by atoms with Crippen molar-refractivity contribution in [1.82, 2.24) is 0 Å². The van der Waals surface area contributed by atoms with E-state index in [1.165, 1.54) is 25.7 Å². The molecule has 5 unspecified atom stereocenters. The summed E-state index contributed by atoms with van der Waals surface area (Å²) in [6.07, 6.45) is 10.3. The van der Waals surface area contributed by atoms with Gasteiger partial charge in [-0.15, -0.1) is 11.6 Å². The van der Waals surface area contributed by atoms with Gasteiger partial charge in [-0.3, -0.25) is 0 Å². The molecule has 0 saturated heterocycles. The van der Waals surface area contributed by atoms with Crippen LogP contribution < -0.4 is 0 Å². The lowest BCUT2D eigenvalue weighted by Crippen LogP contribution is -2.44. The molecular formula is C18H28ClFOS. The lowest BCUT2D eigenvalue weighted by atomic mass is 9.68. The number of rotatable bonds is 2. The molecule has 3 aliphatic rings. The molecule has 0 heterocycles. The first-order valence-electron chi connectivity index (χ1n) is 8.89. The van der Waals surface area contributed by atoms with Crippen LogP contribution in [0, 0.1) is 17.8 Å². The minimum atomic E-state index is -1.04. The Labute approximate surface area is 144 Å². The van der Waals surface area contributed by atoms with Crippen LogP contribution in [0.25, 0.3) is 0 Å². The molecule has 2 saturated carbocycles. The maximum Gasteiger partial charge on any atom is 0.122 e. The van der Waals surface area contributed by atoms with Gasteiger partial charge in [0.15, 0.2) is 0 Å². The number of alkyl halides is 2. The molecule has 0 aromatic carbocycles. The zero-order valence-electron chi connectivity index (χ0n) is 13.1. The highest BCUT2D eigenvalue weighted by atomic mass is 35.5. The molecule has 0 amide bonds. The molecule has 126 valence electrons. The first-order valence-corrected chi connectivity index (χ1v) is 9.84. The van der Waals surface area contributed by atoms with Gasteiger partial charge in [-0.05, 0) is 75.5 Å². The van der Waals surface area contributed by atoms with Crippen molar-refractivity contribution in [3.63, 3.8) is 0 Å². The van der Waals surface area contributed by atoms with Crippen LogP contribution in [-0.2, 0) is 0 Å². The monoisotopic (exact) mass is 346 g/mol. The molecule has 0 aliphatic heterocycles. The van der Waals surface area contributed by atoms with Crippen molar-refractivity contribution in [1.29, 1.82) is 0 Å². The first-order chi connectivity index (χ1) is 10.6. The molecule has 0 spiro atoms. The molecule has 2 fully saturated rings. The lowest BCUT2D eigenvalue weighted by Gasteiger charge is -2.41. The van der Waals surface area contributed by atoms with E-state index in [1.54, 1.807) is 5.57 Å². The fourth-order valence-electron chi connectivity index (χ4n) is 4.76. The van der Waals surface area contributed by atoms with Gasteiger partial charge < -0.3 is 5.11 Å². The number of aliphatic hydroxyl groups excluding tert-OH is 1. The molecule has 0 radical (unpaired) electrons. The average Bonchev–Trinajstić information content (AvgIpc) is 2.54. The first kappa shape index (κ1) is 17.1. The molecule has 5 atom stereocenters. The van der Waals surface area contributed by atoms with Gasteiger partial charge in [0.05, 0.1) is 11.5 Å². The van der Waals surface area contributed by atoms with Crippen molar-refractivity contribution in [2.45, 2.75) is 80.7 Å². The molecule has 22 heavy (non-hydrogen) atoms. The third-order valence-corrected chi connectivity index (χ3v) is 7.20. The molecule has 1 nitrogen and oxygen atoms in total. The fraction of sp³-hybridized carbons (Fsp3) is 0.889. The Morgan fingerprint density at radius 3 is 2.45 bits per heavy atom. The van der Waals surface area contributed by atoms with Crippen molar-refractivity contribution in [2.75, 3.05) is 0 Å². The molecule has 0 aromatic rings. The SMILES string of the molecule is OC1CCC(C2CCC(C3=CCC(S)CC3)CC2)C(F)C1Cl. The Hall–Kier alpha value is 0.270. The van der Waals surface area contributed by atoms with Crippen molar-refractivity contribution < 1.29 is 9.50 Å². The molecule has 3 aliphatic carbocycles. The minimum absolute atomic E-state index is 0.0639. The maximum atomic E-state index is 14.5. The predicted molar refractivity (Wildman–Crippen MR) is 93.4 cm³/mol. The Morgan fingerprint density at radius 1 is 1.09 bits per heavy atom. The Bertz CT molecular complexity index is 408. The third kappa shape index (κ3) is 3.67. The number of hydrogen-bond donors (Lipinski definition) is 2. The zero-order chi connectivity index (χ0) is 15.7. The zero-order valence-corrected chi connectivity index (χ0v) is 14.8. The van der Waals surface area contributed by atoms with Gasteiger partial charge in [0.25, 0.3) is 0 Å². The summed E-state index contributed by atoms with van der Waals surface area (Å²) in [6.45, 7) is 0. The van der Waals surface area contributed by atoms with Crippen LogP contribution in [0.15, 0.2) is 11.6 Å². The summed E-state index contributed by atoms with van der Waals surface area (Å²) in [5, 5.41) is 9.55. The highest BCUT2D eigenvalue weighted by Gasteiger charge is 2.42. The van der Waals surface area contributed by atoms with E-state index in [2.05, 4.69) is 18.7 Å².